The smallest absolute Gasteiger partial charge is 0.303 e. The van der Waals surface area contributed by atoms with Crippen molar-refractivity contribution in [3.63, 3.8) is 0 Å². The highest BCUT2D eigenvalue weighted by atomic mass is 32.2. The van der Waals surface area contributed by atoms with E-state index in [0.717, 1.165) is 0 Å². The number of nitrogens with two attached hydrogens (primary N) is 1. The molecule has 1 fully saturated rings. The van der Waals surface area contributed by atoms with Gasteiger partial charge in [0.25, 0.3) is 0 Å². The number of aliphatic carboxylic acids is 1. The van der Waals surface area contributed by atoms with Crippen LogP contribution in [0.25, 0.3) is 0 Å². The second-order valence-corrected chi connectivity index (χ2v) is 6.76. The average molecular weight is 278 g/mol. The van der Waals surface area contributed by atoms with Gasteiger partial charge >= 0.3 is 5.97 Å². The number of rotatable bonds is 4. The molecule has 7 nitrogen and oxygen atoms in total. The molecule has 0 saturated carbocycles. The summed E-state index contributed by atoms with van der Waals surface area (Å²) in [6, 6.07) is -1.29. The standard InChI is InChI=1S/C10H18N2O5S/c1-7-6-18(16,17)5-4-12(7)10(15)8(11)2-3-9(13)14/h7-8H,2-6,11H2,1H3,(H,13,14). The summed E-state index contributed by atoms with van der Waals surface area (Å²) in [5.74, 6) is -1.51. The van der Waals surface area contributed by atoms with E-state index in [1.807, 2.05) is 0 Å². The highest BCUT2D eigenvalue weighted by Gasteiger charge is 2.33. The number of sulfone groups is 1. The number of carboxylic acids is 1. The summed E-state index contributed by atoms with van der Waals surface area (Å²) in [5, 5.41) is 8.52. The first kappa shape index (κ1) is 14.9. The molecule has 1 saturated heterocycles. The van der Waals surface area contributed by atoms with Crippen LogP contribution in [0.1, 0.15) is 19.8 Å². The predicted molar refractivity (Wildman–Crippen MR) is 64.7 cm³/mol. The lowest BCUT2D eigenvalue weighted by atomic mass is 10.1. The second kappa shape index (κ2) is 5.66. The van der Waals surface area contributed by atoms with Gasteiger partial charge in [-0.2, -0.15) is 0 Å². The lowest BCUT2D eigenvalue weighted by Gasteiger charge is -2.34. The van der Waals surface area contributed by atoms with Crippen LogP contribution in [-0.2, 0) is 19.4 Å². The molecule has 2 unspecified atom stereocenters. The zero-order valence-corrected chi connectivity index (χ0v) is 11.0. The third-order valence-electron chi connectivity index (χ3n) is 2.94. The second-order valence-electron chi connectivity index (χ2n) is 4.53. The van der Waals surface area contributed by atoms with Gasteiger partial charge in [-0.3, -0.25) is 9.59 Å². The zero-order valence-electron chi connectivity index (χ0n) is 10.2. The lowest BCUT2D eigenvalue weighted by Crippen LogP contribution is -2.54. The Morgan fingerprint density at radius 2 is 2.11 bits per heavy atom. The molecule has 1 heterocycles. The van der Waals surface area contributed by atoms with Crippen molar-refractivity contribution in [1.29, 1.82) is 0 Å². The summed E-state index contributed by atoms with van der Waals surface area (Å²) in [4.78, 5) is 23.8. The predicted octanol–water partition coefficient (Wildman–Crippen LogP) is -1.18. The first-order valence-corrected chi connectivity index (χ1v) is 7.53. The molecular formula is C10H18N2O5S. The number of carbonyl (C=O) groups excluding carboxylic acids is 1. The maximum absolute atomic E-state index is 11.9. The zero-order chi connectivity index (χ0) is 13.9. The molecular weight excluding hydrogens is 260 g/mol. The molecule has 0 spiro atoms. The molecule has 1 amide bonds. The normalized spacial score (nSPS) is 24.6. The molecule has 104 valence electrons. The van der Waals surface area contributed by atoms with Crippen LogP contribution < -0.4 is 5.73 Å². The third kappa shape index (κ3) is 3.95. The fourth-order valence-corrected chi connectivity index (χ4v) is 3.50. The summed E-state index contributed by atoms with van der Waals surface area (Å²) in [7, 11) is -3.08. The molecule has 0 radical (unpaired) electrons. The third-order valence-corrected chi connectivity index (χ3v) is 4.73. The maximum atomic E-state index is 11.9. The molecule has 1 rings (SSSR count). The van der Waals surface area contributed by atoms with Gasteiger partial charge in [-0.25, -0.2) is 8.42 Å². The van der Waals surface area contributed by atoms with E-state index in [1.54, 1.807) is 6.92 Å². The molecule has 1 aliphatic heterocycles. The minimum Gasteiger partial charge on any atom is -0.481 e. The van der Waals surface area contributed by atoms with E-state index in [9.17, 15) is 18.0 Å². The van der Waals surface area contributed by atoms with Crippen molar-refractivity contribution >= 4 is 21.7 Å². The van der Waals surface area contributed by atoms with E-state index in [-0.39, 0.29) is 36.8 Å². The summed E-state index contributed by atoms with van der Waals surface area (Å²) in [5.41, 5.74) is 5.62. The van der Waals surface area contributed by atoms with Gasteiger partial charge in [-0.1, -0.05) is 0 Å². The van der Waals surface area contributed by atoms with Gasteiger partial charge in [0.15, 0.2) is 9.84 Å². The van der Waals surface area contributed by atoms with Gasteiger partial charge in [0.2, 0.25) is 5.91 Å². The summed E-state index contributed by atoms with van der Waals surface area (Å²) in [6.07, 6.45) is -0.114. The Bertz CT molecular complexity index is 434. The van der Waals surface area contributed by atoms with Crippen molar-refractivity contribution in [2.24, 2.45) is 5.73 Å². The lowest BCUT2D eigenvalue weighted by molar-refractivity contribution is -0.138. The molecule has 3 N–H and O–H groups in total. The molecule has 0 aromatic rings. The number of hydrogen-bond donors (Lipinski definition) is 2. The molecule has 1 aliphatic rings. The van der Waals surface area contributed by atoms with Gasteiger partial charge in [-0.05, 0) is 13.3 Å². The molecule has 0 aliphatic carbocycles. The number of carboxylic acid groups (broad SMARTS) is 1. The topological polar surface area (TPSA) is 118 Å². The fraction of sp³-hybridized carbons (Fsp3) is 0.800. The summed E-state index contributed by atoms with van der Waals surface area (Å²) >= 11 is 0. The quantitative estimate of drug-likeness (QED) is 0.668. The largest absolute Gasteiger partial charge is 0.481 e. The van der Waals surface area contributed by atoms with E-state index in [0.29, 0.717) is 0 Å². The number of hydrogen-bond acceptors (Lipinski definition) is 5. The van der Waals surface area contributed by atoms with Crippen molar-refractivity contribution in [2.45, 2.75) is 31.8 Å². The molecule has 18 heavy (non-hydrogen) atoms. The summed E-state index contributed by atoms with van der Waals surface area (Å²) in [6.45, 7) is 1.78. The number of nitrogens with zero attached hydrogens (tertiary/aromatic N) is 1. The van der Waals surface area contributed by atoms with E-state index in [1.165, 1.54) is 4.90 Å². The first-order valence-electron chi connectivity index (χ1n) is 5.71. The van der Waals surface area contributed by atoms with Crippen LogP contribution >= 0.6 is 0 Å². The van der Waals surface area contributed by atoms with Crippen LogP contribution in [0.4, 0.5) is 0 Å². The minimum atomic E-state index is -3.08. The van der Waals surface area contributed by atoms with E-state index in [4.69, 9.17) is 10.8 Å². The highest BCUT2D eigenvalue weighted by molar-refractivity contribution is 7.91. The first-order chi connectivity index (χ1) is 8.23. The van der Waals surface area contributed by atoms with Crippen molar-refractivity contribution in [2.75, 3.05) is 18.1 Å². The van der Waals surface area contributed by atoms with Crippen LogP contribution in [0.15, 0.2) is 0 Å². The molecule has 8 heteroatoms. The molecule has 0 aromatic heterocycles. The van der Waals surface area contributed by atoms with Crippen molar-refractivity contribution < 1.29 is 23.1 Å². The Balaban J connectivity index is 2.59. The van der Waals surface area contributed by atoms with Crippen LogP contribution in [0.3, 0.4) is 0 Å². The maximum Gasteiger partial charge on any atom is 0.303 e. The Labute approximate surface area is 106 Å². The van der Waals surface area contributed by atoms with E-state index in [2.05, 4.69) is 0 Å². The van der Waals surface area contributed by atoms with Gasteiger partial charge in [0, 0.05) is 19.0 Å². The van der Waals surface area contributed by atoms with Crippen LogP contribution in [0, 0.1) is 0 Å². The highest BCUT2D eigenvalue weighted by Crippen LogP contribution is 2.13. The Morgan fingerprint density at radius 1 is 1.50 bits per heavy atom. The van der Waals surface area contributed by atoms with Gasteiger partial charge in [0.05, 0.1) is 17.5 Å². The Morgan fingerprint density at radius 3 is 2.61 bits per heavy atom. The molecule has 2 atom stereocenters. The van der Waals surface area contributed by atoms with E-state index >= 15 is 0 Å². The summed E-state index contributed by atoms with van der Waals surface area (Å²) < 4.78 is 22.7. The monoisotopic (exact) mass is 278 g/mol. The molecule has 0 aromatic carbocycles. The van der Waals surface area contributed by atoms with Crippen LogP contribution in [0.2, 0.25) is 0 Å². The van der Waals surface area contributed by atoms with Gasteiger partial charge in [0.1, 0.15) is 0 Å². The van der Waals surface area contributed by atoms with Crippen LogP contribution in [-0.4, -0.2) is 60.4 Å². The van der Waals surface area contributed by atoms with Gasteiger partial charge < -0.3 is 15.7 Å². The minimum absolute atomic E-state index is 0.0597. The Hall–Kier alpha value is -1.15. The van der Waals surface area contributed by atoms with Crippen molar-refractivity contribution in [3.8, 4) is 0 Å². The Kier molecular flexibility index (Phi) is 4.69. The molecule has 0 bridgehead atoms. The number of carbonyl (C=O) groups is 2. The fourth-order valence-electron chi connectivity index (χ4n) is 1.94. The van der Waals surface area contributed by atoms with Crippen molar-refractivity contribution in [1.82, 2.24) is 4.90 Å². The number of amides is 1. The van der Waals surface area contributed by atoms with Crippen molar-refractivity contribution in [3.05, 3.63) is 0 Å². The average Bonchev–Trinajstić information content (AvgIpc) is 2.23. The van der Waals surface area contributed by atoms with Gasteiger partial charge in [-0.15, -0.1) is 0 Å². The van der Waals surface area contributed by atoms with E-state index < -0.39 is 27.9 Å². The SMILES string of the molecule is CC1CS(=O)(=O)CCN1C(=O)C(N)CCC(=O)O. The van der Waals surface area contributed by atoms with Crippen LogP contribution in [0.5, 0.6) is 0 Å².